The van der Waals surface area contributed by atoms with E-state index < -0.39 is 17.5 Å². The first kappa shape index (κ1) is 16.2. The second-order valence-corrected chi connectivity index (χ2v) is 5.01. The van der Waals surface area contributed by atoms with Crippen LogP contribution in [0.1, 0.15) is 0 Å². The number of non-ortho nitro benzene ring substituents is 1. The number of fused-ring (bicyclic) bond motifs is 1. The van der Waals surface area contributed by atoms with Gasteiger partial charge in [-0.05, 0) is 36.4 Å². The molecule has 2 aromatic carbocycles. The fourth-order valence-electron chi connectivity index (χ4n) is 2.21. The quantitative estimate of drug-likeness (QED) is 0.540. The summed E-state index contributed by atoms with van der Waals surface area (Å²) in [7, 11) is 0. The smallest absolute Gasteiger partial charge is 0.341 e. The van der Waals surface area contributed by atoms with E-state index in [0.29, 0.717) is 22.4 Å². The van der Waals surface area contributed by atoms with E-state index in [9.17, 15) is 14.9 Å². The monoisotopic (exact) mass is 340 g/mol. The van der Waals surface area contributed by atoms with E-state index in [0.717, 1.165) is 0 Å². The van der Waals surface area contributed by atoms with Crippen molar-refractivity contribution in [2.24, 2.45) is 0 Å². The largest absolute Gasteiger partial charge is 0.482 e. The molecule has 8 nitrogen and oxygen atoms in total. The highest BCUT2D eigenvalue weighted by Crippen LogP contribution is 2.28. The van der Waals surface area contributed by atoms with Gasteiger partial charge in [-0.15, -0.1) is 0 Å². The molecule has 3 aromatic rings. The Labute approximate surface area is 141 Å². The lowest BCUT2D eigenvalue weighted by Crippen LogP contribution is -2.09. The predicted octanol–water partition coefficient (Wildman–Crippen LogP) is 3.40. The number of carboxylic acid groups (broad SMARTS) is 1. The summed E-state index contributed by atoms with van der Waals surface area (Å²) in [5.41, 5.74) is 0.435. The third kappa shape index (κ3) is 3.81. The van der Waals surface area contributed by atoms with Crippen molar-refractivity contribution in [1.29, 1.82) is 0 Å². The zero-order chi connectivity index (χ0) is 17.8. The van der Waals surface area contributed by atoms with Crippen LogP contribution in [0.25, 0.3) is 10.9 Å². The molecule has 0 aliphatic carbocycles. The first-order chi connectivity index (χ1) is 12.0. The zero-order valence-corrected chi connectivity index (χ0v) is 12.8. The molecule has 8 heteroatoms. The SMILES string of the molecule is O=C(O)COc1ccc(Oc2ccc3c([N+](=O)[O-])cccc3n2)cc1. The number of aliphatic carboxylic acids is 1. The van der Waals surface area contributed by atoms with Crippen molar-refractivity contribution in [3.63, 3.8) is 0 Å². The average Bonchev–Trinajstić information content (AvgIpc) is 2.60. The van der Waals surface area contributed by atoms with Crippen molar-refractivity contribution in [2.75, 3.05) is 6.61 Å². The van der Waals surface area contributed by atoms with Gasteiger partial charge in [-0.3, -0.25) is 10.1 Å². The number of carbonyl (C=O) groups is 1. The molecule has 0 saturated carbocycles. The summed E-state index contributed by atoms with van der Waals surface area (Å²) in [6.07, 6.45) is 0. The van der Waals surface area contributed by atoms with Gasteiger partial charge in [-0.2, -0.15) is 0 Å². The number of hydrogen-bond acceptors (Lipinski definition) is 6. The van der Waals surface area contributed by atoms with Gasteiger partial charge in [0.2, 0.25) is 5.88 Å². The molecule has 0 saturated heterocycles. The van der Waals surface area contributed by atoms with Gasteiger partial charge in [-0.1, -0.05) is 6.07 Å². The summed E-state index contributed by atoms with van der Waals surface area (Å²) < 4.78 is 10.6. The number of rotatable bonds is 6. The molecule has 0 atom stereocenters. The van der Waals surface area contributed by atoms with E-state index in [1.165, 1.54) is 6.07 Å². The lowest BCUT2D eigenvalue weighted by molar-refractivity contribution is -0.383. The number of aromatic nitrogens is 1. The van der Waals surface area contributed by atoms with Crippen LogP contribution in [-0.4, -0.2) is 27.6 Å². The van der Waals surface area contributed by atoms with E-state index >= 15 is 0 Å². The number of pyridine rings is 1. The van der Waals surface area contributed by atoms with Crippen LogP contribution in [0.2, 0.25) is 0 Å². The van der Waals surface area contributed by atoms with Gasteiger partial charge < -0.3 is 14.6 Å². The van der Waals surface area contributed by atoms with Crippen molar-refractivity contribution in [1.82, 2.24) is 4.98 Å². The van der Waals surface area contributed by atoms with Gasteiger partial charge in [-0.25, -0.2) is 9.78 Å². The zero-order valence-electron chi connectivity index (χ0n) is 12.8. The fourth-order valence-corrected chi connectivity index (χ4v) is 2.21. The van der Waals surface area contributed by atoms with Crippen LogP contribution < -0.4 is 9.47 Å². The molecule has 0 bridgehead atoms. The summed E-state index contributed by atoms with van der Waals surface area (Å²) in [6, 6.07) is 14.1. The molecular formula is C17H12N2O6. The molecule has 1 heterocycles. The minimum atomic E-state index is -1.06. The van der Waals surface area contributed by atoms with Crippen LogP contribution in [0, 0.1) is 10.1 Å². The van der Waals surface area contributed by atoms with Crippen LogP contribution in [0.15, 0.2) is 54.6 Å². The highest BCUT2D eigenvalue weighted by molar-refractivity contribution is 5.88. The number of ether oxygens (including phenoxy) is 2. The molecule has 3 rings (SSSR count). The van der Waals surface area contributed by atoms with E-state index in [2.05, 4.69) is 4.98 Å². The minimum Gasteiger partial charge on any atom is -0.482 e. The molecule has 0 amide bonds. The second kappa shape index (κ2) is 6.83. The van der Waals surface area contributed by atoms with Crippen LogP contribution >= 0.6 is 0 Å². The second-order valence-electron chi connectivity index (χ2n) is 5.01. The molecular weight excluding hydrogens is 328 g/mol. The standard InChI is InChI=1S/C17H12N2O6/c20-17(21)10-24-11-4-6-12(7-5-11)25-16-9-8-13-14(18-16)2-1-3-15(13)19(22)23/h1-9H,10H2,(H,20,21). The van der Waals surface area contributed by atoms with Crippen LogP contribution in [-0.2, 0) is 4.79 Å². The first-order valence-electron chi connectivity index (χ1n) is 7.19. The maximum Gasteiger partial charge on any atom is 0.341 e. The topological polar surface area (TPSA) is 112 Å². The summed E-state index contributed by atoms with van der Waals surface area (Å²) >= 11 is 0. The summed E-state index contributed by atoms with van der Waals surface area (Å²) in [5.74, 6) is 0.0961. The molecule has 25 heavy (non-hydrogen) atoms. The van der Waals surface area contributed by atoms with Gasteiger partial charge in [0, 0.05) is 12.1 Å². The first-order valence-corrected chi connectivity index (χ1v) is 7.19. The average molecular weight is 340 g/mol. The van der Waals surface area contributed by atoms with Crippen molar-refractivity contribution in [3.05, 3.63) is 64.7 Å². The minimum absolute atomic E-state index is 0.0171. The molecule has 126 valence electrons. The van der Waals surface area contributed by atoms with E-state index in [1.807, 2.05) is 0 Å². The number of benzene rings is 2. The predicted molar refractivity (Wildman–Crippen MR) is 88.0 cm³/mol. The van der Waals surface area contributed by atoms with Gasteiger partial charge in [0.05, 0.1) is 15.8 Å². The van der Waals surface area contributed by atoms with Gasteiger partial charge in [0.15, 0.2) is 6.61 Å². The summed E-state index contributed by atoms with van der Waals surface area (Å²) in [5, 5.41) is 20.0. The van der Waals surface area contributed by atoms with Crippen LogP contribution in [0.3, 0.4) is 0 Å². The van der Waals surface area contributed by atoms with Crippen molar-refractivity contribution < 1.29 is 24.3 Å². The number of nitrogens with zero attached hydrogens (tertiary/aromatic N) is 2. The Morgan fingerprint density at radius 3 is 2.48 bits per heavy atom. The lowest BCUT2D eigenvalue weighted by atomic mass is 10.2. The van der Waals surface area contributed by atoms with Crippen molar-refractivity contribution in [2.45, 2.75) is 0 Å². The molecule has 0 radical (unpaired) electrons. The highest BCUT2D eigenvalue weighted by atomic mass is 16.6. The fraction of sp³-hybridized carbons (Fsp3) is 0.0588. The van der Waals surface area contributed by atoms with Gasteiger partial charge in [0.1, 0.15) is 11.5 Å². The van der Waals surface area contributed by atoms with Crippen LogP contribution in [0.4, 0.5) is 5.69 Å². The van der Waals surface area contributed by atoms with Crippen LogP contribution in [0.5, 0.6) is 17.4 Å². The molecule has 0 aliphatic rings. The normalized spacial score (nSPS) is 10.4. The Morgan fingerprint density at radius 1 is 1.08 bits per heavy atom. The number of carboxylic acids is 1. The van der Waals surface area contributed by atoms with E-state index in [1.54, 1.807) is 48.5 Å². The van der Waals surface area contributed by atoms with Crippen molar-refractivity contribution >= 4 is 22.6 Å². The van der Waals surface area contributed by atoms with Gasteiger partial charge in [0.25, 0.3) is 5.69 Å². The Kier molecular flexibility index (Phi) is 4.42. The number of nitro benzene ring substituents is 1. The molecule has 1 N–H and O–H groups in total. The third-order valence-corrected chi connectivity index (χ3v) is 3.29. The summed E-state index contributed by atoms with van der Waals surface area (Å²) in [4.78, 5) is 25.3. The number of hydrogen-bond donors (Lipinski definition) is 1. The third-order valence-electron chi connectivity index (χ3n) is 3.29. The lowest BCUT2D eigenvalue weighted by Gasteiger charge is -2.07. The maximum absolute atomic E-state index is 11.0. The Morgan fingerprint density at radius 2 is 1.80 bits per heavy atom. The Hall–Kier alpha value is -3.68. The maximum atomic E-state index is 11.0. The highest BCUT2D eigenvalue weighted by Gasteiger charge is 2.12. The number of nitro groups is 1. The molecule has 0 aliphatic heterocycles. The molecule has 1 aromatic heterocycles. The van der Waals surface area contributed by atoms with E-state index in [4.69, 9.17) is 14.6 Å². The molecule has 0 spiro atoms. The Bertz CT molecular complexity index is 940. The van der Waals surface area contributed by atoms with Gasteiger partial charge >= 0.3 is 5.97 Å². The Balaban J connectivity index is 1.79. The molecule has 0 unspecified atom stereocenters. The summed E-state index contributed by atoms with van der Waals surface area (Å²) in [6.45, 7) is -0.425. The van der Waals surface area contributed by atoms with E-state index in [-0.39, 0.29) is 11.6 Å². The molecule has 0 fully saturated rings. The van der Waals surface area contributed by atoms with Crippen molar-refractivity contribution in [3.8, 4) is 17.4 Å².